The van der Waals surface area contributed by atoms with Crippen molar-refractivity contribution < 1.29 is 0 Å². The zero-order chi connectivity index (χ0) is 22.7. The van der Waals surface area contributed by atoms with Crippen molar-refractivity contribution in [3.05, 3.63) is 108 Å². The van der Waals surface area contributed by atoms with Gasteiger partial charge in [-0.3, -0.25) is 9.38 Å². The standard InChI is InChI=1S/C31H18N4/c1-2-5-20-17(4-1)14-18-7-8-19-15-24-22(28(19)27(18)20)10-9-21-23-6-3-12-33-30(23)35-26-11-13-32-16-25(26)34-31(35)29(21)24/h1-13,16H,14-15H2. The average Bonchev–Trinajstić information content (AvgIpc) is 3.59. The van der Waals surface area contributed by atoms with Crippen LogP contribution in [0.15, 0.2) is 85.3 Å². The minimum atomic E-state index is 0.898. The zero-order valence-corrected chi connectivity index (χ0v) is 18.8. The van der Waals surface area contributed by atoms with Gasteiger partial charge in [-0.15, -0.1) is 0 Å². The van der Waals surface area contributed by atoms with Crippen molar-refractivity contribution in [1.82, 2.24) is 19.4 Å². The molecule has 0 atom stereocenters. The highest BCUT2D eigenvalue weighted by atomic mass is 15.1. The van der Waals surface area contributed by atoms with Gasteiger partial charge in [0.25, 0.3) is 0 Å². The van der Waals surface area contributed by atoms with Gasteiger partial charge in [0.1, 0.15) is 16.8 Å². The van der Waals surface area contributed by atoms with E-state index in [1.54, 1.807) is 0 Å². The average molecular weight is 447 g/mol. The Kier molecular flexibility index (Phi) is 3.11. The highest BCUT2D eigenvalue weighted by Crippen LogP contribution is 2.51. The van der Waals surface area contributed by atoms with Crippen molar-refractivity contribution >= 4 is 38.5 Å². The summed E-state index contributed by atoms with van der Waals surface area (Å²) in [5.74, 6) is 0. The lowest BCUT2D eigenvalue weighted by Gasteiger charge is -2.13. The summed E-state index contributed by atoms with van der Waals surface area (Å²) in [6.45, 7) is 0. The van der Waals surface area contributed by atoms with Crippen molar-refractivity contribution in [3.63, 3.8) is 0 Å². The third-order valence-electron chi connectivity index (χ3n) is 7.96. The monoisotopic (exact) mass is 446 g/mol. The lowest BCUT2D eigenvalue weighted by atomic mass is 9.93. The molecule has 4 aromatic heterocycles. The topological polar surface area (TPSA) is 43.1 Å². The van der Waals surface area contributed by atoms with Gasteiger partial charge in [-0.05, 0) is 80.9 Å². The molecule has 2 aliphatic carbocycles. The molecule has 0 radical (unpaired) electrons. The quantitative estimate of drug-likeness (QED) is 0.243. The number of hydrogen-bond donors (Lipinski definition) is 0. The number of aromatic nitrogens is 4. The molecule has 0 fully saturated rings. The second-order valence-corrected chi connectivity index (χ2v) is 9.67. The van der Waals surface area contributed by atoms with E-state index in [0.29, 0.717) is 0 Å². The van der Waals surface area contributed by atoms with Gasteiger partial charge in [-0.2, -0.15) is 0 Å². The van der Waals surface area contributed by atoms with Gasteiger partial charge in [-0.1, -0.05) is 48.5 Å². The molecule has 4 nitrogen and oxygen atoms in total. The second kappa shape index (κ2) is 6.10. The number of rotatable bonds is 0. The van der Waals surface area contributed by atoms with Crippen LogP contribution < -0.4 is 0 Å². The number of pyridine rings is 3. The van der Waals surface area contributed by atoms with E-state index in [9.17, 15) is 0 Å². The van der Waals surface area contributed by atoms with Gasteiger partial charge in [0.15, 0.2) is 0 Å². The normalized spacial score (nSPS) is 13.5. The Morgan fingerprint density at radius 3 is 2.51 bits per heavy atom. The van der Waals surface area contributed by atoms with Gasteiger partial charge in [-0.25, -0.2) is 9.97 Å². The molecule has 3 aromatic carbocycles. The van der Waals surface area contributed by atoms with Crippen LogP contribution in [-0.2, 0) is 12.8 Å². The maximum Gasteiger partial charge on any atom is 0.147 e. The third-order valence-corrected chi connectivity index (χ3v) is 7.96. The van der Waals surface area contributed by atoms with Gasteiger partial charge in [0.2, 0.25) is 0 Å². The minimum Gasteiger partial charge on any atom is -0.276 e. The number of hydrogen-bond acceptors (Lipinski definition) is 3. The lowest BCUT2D eigenvalue weighted by molar-refractivity contribution is 1.22. The molecule has 4 heteroatoms. The summed E-state index contributed by atoms with van der Waals surface area (Å²) in [6, 6.07) is 24.4. The van der Waals surface area contributed by atoms with Crippen LogP contribution in [0.3, 0.4) is 0 Å². The van der Waals surface area contributed by atoms with E-state index < -0.39 is 0 Å². The Bertz CT molecular complexity index is 2070. The number of fused-ring (bicyclic) bond motifs is 16. The summed E-state index contributed by atoms with van der Waals surface area (Å²) in [5, 5.41) is 3.60. The summed E-state index contributed by atoms with van der Waals surface area (Å²) in [7, 11) is 0. The molecule has 4 heterocycles. The molecule has 0 spiro atoms. The summed E-state index contributed by atoms with van der Waals surface area (Å²) in [4.78, 5) is 14.2. The fourth-order valence-electron chi connectivity index (χ4n) is 6.56. The Morgan fingerprint density at radius 1 is 0.657 bits per heavy atom. The molecule has 0 saturated carbocycles. The lowest BCUT2D eigenvalue weighted by Crippen LogP contribution is -1.96. The molecular formula is C31H18N4. The first kappa shape index (κ1) is 17.8. The molecule has 7 aromatic rings. The van der Waals surface area contributed by atoms with E-state index >= 15 is 0 Å². The van der Waals surface area contributed by atoms with E-state index in [2.05, 4.69) is 64.0 Å². The van der Waals surface area contributed by atoms with Crippen LogP contribution in [0.25, 0.3) is 60.7 Å². The Morgan fingerprint density at radius 2 is 1.54 bits per heavy atom. The van der Waals surface area contributed by atoms with Crippen LogP contribution >= 0.6 is 0 Å². The van der Waals surface area contributed by atoms with Crippen LogP contribution in [0.2, 0.25) is 0 Å². The summed E-state index contributed by atoms with van der Waals surface area (Å²) in [6.07, 6.45) is 7.48. The van der Waals surface area contributed by atoms with Gasteiger partial charge in [0, 0.05) is 23.2 Å². The molecule has 9 rings (SSSR count). The summed E-state index contributed by atoms with van der Waals surface area (Å²) in [5.41, 5.74) is 15.1. The maximum absolute atomic E-state index is 5.10. The third kappa shape index (κ3) is 2.11. The van der Waals surface area contributed by atoms with E-state index in [0.717, 1.165) is 40.6 Å². The van der Waals surface area contributed by atoms with Gasteiger partial charge in [0.05, 0.1) is 11.7 Å². The van der Waals surface area contributed by atoms with E-state index in [1.165, 1.54) is 55.3 Å². The molecule has 0 aliphatic heterocycles. The van der Waals surface area contributed by atoms with Gasteiger partial charge >= 0.3 is 0 Å². The number of nitrogens with zero attached hydrogens (tertiary/aromatic N) is 4. The van der Waals surface area contributed by atoms with Crippen LogP contribution in [0.4, 0.5) is 0 Å². The molecule has 0 unspecified atom stereocenters. The van der Waals surface area contributed by atoms with Crippen molar-refractivity contribution in [3.8, 4) is 22.3 Å². The number of benzene rings is 3. The highest BCUT2D eigenvalue weighted by molar-refractivity contribution is 6.16. The largest absolute Gasteiger partial charge is 0.276 e. The predicted molar refractivity (Wildman–Crippen MR) is 140 cm³/mol. The first-order valence-corrected chi connectivity index (χ1v) is 12.0. The molecule has 0 bridgehead atoms. The SMILES string of the molecule is c1ccc2c(c1)Cc1ccc3c(c1-2)-c1ccc2c4cccnc4n4c5ccncc5nc4c2c1C3. The van der Waals surface area contributed by atoms with E-state index in [1.807, 2.05) is 30.7 Å². The molecule has 0 N–H and O–H groups in total. The number of imidazole rings is 1. The fraction of sp³-hybridized carbons (Fsp3) is 0.0645. The van der Waals surface area contributed by atoms with E-state index in [-0.39, 0.29) is 0 Å². The Hall–Kier alpha value is -4.57. The summed E-state index contributed by atoms with van der Waals surface area (Å²) >= 11 is 0. The molecule has 2 aliphatic rings. The Labute approximate surface area is 200 Å². The van der Waals surface area contributed by atoms with Crippen molar-refractivity contribution in [2.45, 2.75) is 12.8 Å². The molecule has 0 amide bonds. The molecular weight excluding hydrogens is 428 g/mol. The minimum absolute atomic E-state index is 0.898. The smallest absolute Gasteiger partial charge is 0.147 e. The first-order valence-electron chi connectivity index (χ1n) is 12.0. The summed E-state index contributed by atoms with van der Waals surface area (Å²) < 4.78 is 2.22. The molecule has 162 valence electrons. The highest BCUT2D eigenvalue weighted by Gasteiger charge is 2.30. The van der Waals surface area contributed by atoms with Crippen molar-refractivity contribution in [1.29, 1.82) is 0 Å². The van der Waals surface area contributed by atoms with Crippen molar-refractivity contribution in [2.75, 3.05) is 0 Å². The Balaban J connectivity index is 1.47. The maximum atomic E-state index is 5.10. The second-order valence-electron chi connectivity index (χ2n) is 9.67. The van der Waals surface area contributed by atoms with Crippen LogP contribution in [0.1, 0.15) is 22.3 Å². The van der Waals surface area contributed by atoms with Gasteiger partial charge < -0.3 is 0 Å². The molecule has 0 saturated heterocycles. The predicted octanol–water partition coefficient (Wildman–Crippen LogP) is 6.73. The van der Waals surface area contributed by atoms with Crippen LogP contribution in [-0.4, -0.2) is 19.4 Å². The van der Waals surface area contributed by atoms with Crippen LogP contribution in [0, 0.1) is 0 Å². The molecule has 35 heavy (non-hydrogen) atoms. The fourth-order valence-corrected chi connectivity index (χ4v) is 6.56. The van der Waals surface area contributed by atoms with E-state index in [4.69, 9.17) is 9.97 Å². The zero-order valence-electron chi connectivity index (χ0n) is 18.8. The first-order chi connectivity index (χ1) is 17.4. The van der Waals surface area contributed by atoms with Crippen LogP contribution in [0.5, 0.6) is 0 Å². The van der Waals surface area contributed by atoms with Crippen molar-refractivity contribution in [2.24, 2.45) is 0 Å².